The summed E-state index contributed by atoms with van der Waals surface area (Å²) < 4.78 is 5.72. The zero-order chi connectivity index (χ0) is 12.3. The summed E-state index contributed by atoms with van der Waals surface area (Å²) in [5.41, 5.74) is 0. The van der Waals surface area contributed by atoms with Gasteiger partial charge in [0, 0.05) is 16.1 Å². The fraction of sp³-hybridized carbons (Fsp3) is 0.231. The third-order valence-electron chi connectivity index (χ3n) is 2.42. The van der Waals surface area contributed by atoms with Crippen LogP contribution in [0.5, 0.6) is 5.75 Å². The maximum Gasteiger partial charge on any atom is 0.145 e. The number of alkyl halides is 1. The Kier molecular flexibility index (Phi) is 4.55. The fourth-order valence-electron chi connectivity index (χ4n) is 1.65. The van der Waals surface area contributed by atoms with Gasteiger partial charge in [0.2, 0.25) is 0 Å². The standard InChI is InChI=1S/C13H11BrCl2O/c14-6-3-7-17-13-10-5-2-1-4-9(10)11(15)8-12(13)16/h1-2,4-5,8H,3,6-7H2. The average Bonchev–Trinajstić information content (AvgIpc) is 2.33. The Labute approximate surface area is 119 Å². The van der Waals surface area contributed by atoms with Crippen molar-refractivity contribution in [1.29, 1.82) is 0 Å². The maximum absolute atomic E-state index is 6.17. The number of rotatable bonds is 4. The maximum atomic E-state index is 6.17. The topological polar surface area (TPSA) is 9.23 Å². The van der Waals surface area contributed by atoms with Crippen LogP contribution in [-0.2, 0) is 0 Å². The van der Waals surface area contributed by atoms with E-state index in [1.807, 2.05) is 24.3 Å². The van der Waals surface area contributed by atoms with Crippen molar-refractivity contribution < 1.29 is 4.74 Å². The molecular formula is C13H11BrCl2O. The fourth-order valence-corrected chi connectivity index (χ4v) is 2.47. The molecule has 2 rings (SSSR count). The largest absolute Gasteiger partial charge is 0.491 e. The highest BCUT2D eigenvalue weighted by molar-refractivity contribution is 9.09. The molecule has 90 valence electrons. The smallest absolute Gasteiger partial charge is 0.145 e. The molecule has 2 aromatic rings. The third kappa shape index (κ3) is 2.87. The summed E-state index contributed by atoms with van der Waals surface area (Å²) in [4.78, 5) is 0. The number of benzene rings is 2. The Morgan fingerprint density at radius 2 is 1.76 bits per heavy atom. The van der Waals surface area contributed by atoms with Crippen LogP contribution in [0.15, 0.2) is 30.3 Å². The van der Waals surface area contributed by atoms with Gasteiger partial charge in [0.1, 0.15) is 5.75 Å². The van der Waals surface area contributed by atoms with Gasteiger partial charge in [0.25, 0.3) is 0 Å². The number of halogens is 3. The van der Waals surface area contributed by atoms with E-state index in [9.17, 15) is 0 Å². The molecule has 0 aliphatic rings. The summed E-state index contributed by atoms with van der Waals surface area (Å²) in [7, 11) is 0. The van der Waals surface area contributed by atoms with Crippen LogP contribution < -0.4 is 4.74 Å². The monoisotopic (exact) mass is 332 g/mol. The van der Waals surface area contributed by atoms with E-state index < -0.39 is 0 Å². The second kappa shape index (κ2) is 5.94. The molecule has 0 saturated carbocycles. The summed E-state index contributed by atoms with van der Waals surface area (Å²) in [6.45, 7) is 0.636. The zero-order valence-electron chi connectivity index (χ0n) is 9.05. The molecule has 0 bridgehead atoms. The van der Waals surface area contributed by atoms with Gasteiger partial charge in [-0.25, -0.2) is 0 Å². The zero-order valence-corrected chi connectivity index (χ0v) is 12.1. The molecule has 0 N–H and O–H groups in total. The van der Waals surface area contributed by atoms with E-state index >= 15 is 0 Å². The molecule has 0 aromatic heterocycles. The summed E-state index contributed by atoms with van der Waals surface area (Å²) in [5.74, 6) is 0.715. The minimum atomic E-state index is 0.559. The van der Waals surface area contributed by atoms with Gasteiger partial charge in [0.05, 0.1) is 16.7 Å². The molecule has 1 nitrogen and oxygen atoms in total. The van der Waals surface area contributed by atoms with E-state index in [1.54, 1.807) is 6.07 Å². The van der Waals surface area contributed by atoms with Crippen LogP contribution in [-0.4, -0.2) is 11.9 Å². The second-order valence-corrected chi connectivity index (χ2v) is 5.21. The van der Waals surface area contributed by atoms with Crippen molar-refractivity contribution in [1.82, 2.24) is 0 Å². The molecule has 0 atom stereocenters. The van der Waals surface area contributed by atoms with Crippen molar-refractivity contribution in [3.63, 3.8) is 0 Å². The molecule has 0 aliphatic heterocycles. The van der Waals surface area contributed by atoms with Crippen molar-refractivity contribution in [2.75, 3.05) is 11.9 Å². The van der Waals surface area contributed by atoms with E-state index in [4.69, 9.17) is 27.9 Å². The molecule has 0 unspecified atom stereocenters. The first-order valence-electron chi connectivity index (χ1n) is 5.29. The first-order chi connectivity index (χ1) is 8.24. The van der Waals surface area contributed by atoms with Gasteiger partial charge in [-0.1, -0.05) is 63.4 Å². The molecule has 17 heavy (non-hydrogen) atoms. The Morgan fingerprint density at radius 1 is 1.06 bits per heavy atom. The minimum Gasteiger partial charge on any atom is -0.491 e. The number of hydrogen-bond acceptors (Lipinski definition) is 1. The van der Waals surface area contributed by atoms with Gasteiger partial charge in [-0.15, -0.1) is 0 Å². The van der Waals surface area contributed by atoms with Gasteiger partial charge in [-0.2, -0.15) is 0 Å². The van der Waals surface area contributed by atoms with Crippen molar-refractivity contribution >= 4 is 49.9 Å². The molecule has 0 saturated heterocycles. The van der Waals surface area contributed by atoms with Crippen LogP contribution in [0.2, 0.25) is 10.0 Å². The predicted molar refractivity (Wildman–Crippen MR) is 77.9 cm³/mol. The van der Waals surface area contributed by atoms with Crippen molar-refractivity contribution in [3.05, 3.63) is 40.4 Å². The number of ether oxygens (including phenoxy) is 1. The van der Waals surface area contributed by atoms with Crippen LogP contribution in [0.3, 0.4) is 0 Å². The highest BCUT2D eigenvalue weighted by atomic mass is 79.9. The second-order valence-electron chi connectivity index (χ2n) is 3.61. The Hall–Kier alpha value is -0.440. The van der Waals surface area contributed by atoms with Gasteiger partial charge in [-0.3, -0.25) is 0 Å². The van der Waals surface area contributed by atoms with Crippen LogP contribution in [0.1, 0.15) is 6.42 Å². The lowest BCUT2D eigenvalue weighted by Gasteiger charge is -2.11. The van der Waals surface area contributed by atoms with Crippen molar-refractivity contribution in [3.8, 4) is 5.75 Å². The highest BCUT2D eigenvalue weighted by Gasteiger charge is 2.10. The van der Waals surface area contributed by atoms with Crippen molar-refractivity contribution in [2.24, 2.45) is 0 Å². The Morgan fingerprint density at radius 3 is 2.47 bits per heavy atom. The van der Waals surface area contributed by atoms with E-state index in [0.29, 0.717) is 22.4 Å². The SMILES string of the molecule is Clc1cc(Cl)c2ccccc2c1OCCCBr. The van der Waals surface area contributed by atoms with Crippen LogP contribution in [0, 0.1) is 0 Å². The summed E-state index contributed by atoms with van der Waals surface area (Å²) >= 11 is 15.7. The minimum absolute atomic E-state index is 0.559. The molecule has 0 heterocycles. The first-order valence-corrected chi connectivity index (χ1v) is 7.17. The van der Waals surface area contributed by atoms with Crippen molar-refractivity contribution in [2.45, 2.75) is 6.42 Å². The lowest BCUT2D eigenvalue weighted by Crippen LogP contribution is -1.99. The van der Waals surface area contributed by atoms with Gasteiger partial charge >= 0.3 is 0 Å². The van der Waals surface area contributed by atoms with Gasteiger partial charge in [-0.05, 0) is 12.5 Å². The molecule has 0 radical (unpaired) electrons. The van der Waals surface area contributed by atoms with Crippen LogP contribution in [0.25, 0.3) is 10.8 Å². The van der Waals surface area contributed by atoms with Crippen LogP contribution in [0.4, 0.5) is 0 Å². The molecule has 0 fully saturated rings. The summed E-state index contributed by atoms with van der Waals surface area (Å²) in [5, 5.41) is 4.05. The number of fused-ring (bicyclic) bond motifs is 1. The van der Waals surface area contributed by atoms with E-state index in [1.165, 1.54) is 0 Å². The molecule has 0 spiro atoms. The number of hydrogen-bond donors (Lipinski definition) is 0. The van der Waals surface area contributed by atoms with E-state index in [0.717, 1.165) is 22.5 Å². The van der Waals surface area contributed by atoms with E-state index in [2.05, 4.69) is 15.9 Å². The lowest BCUT2D eigenvalue weighted by molar-refractivity contribution is 0.323. The van der Waals surface area contributed by atoms with Gasteiger partial charge < -0.3 is 4.74 Å². The summed E-state index contributed by atoms with van der Waals surface area (Å²) in [6.07, 6.45) is 0.938. The summed E-state index contributed by atoms with van der Waals surface area (Å²) in [6, 6.07) is 9.56. The Balaban J connectivity index is 2.46. The predicted octanol–water partition coefficient (Wildman–Crippen LogP) is 5.31. The van der Waals surface area contributed by atoms with Crippen LogP contribution >= 0.6 is 39.1 Å². The molecule has 2 aromatic carbocycles. The van der Waals surface area contributed by atoms with Gasteiger partial charge in [0.15, 0.2) is 0 Å². The normalized spacial score (nSPS) is 10.8. The molecule has 4 heteroatoms. The average molecular weight is 334 g/mol. The Bertz CT molecular complexity index is 528. The quantitative estimate of drug-likeness (QED) is 0.544. The first kappa shape index (κ1) is 13.0. The lowest BCUT2D eigenvalue weighted by atomic mass is 10.1. The molecular weight excluding hydrogens is 323 g/mol. The van der Waals surface area contributed by atoms with E-state index in [-0.39, 0.29) is 0 Å². The molecule has 0 aliphatic carbocycles. The third-order valence-corrected chi connectivity index (χ3v) is 3.58. The molecule has 0 amide bonds. The highest BCUT2D eigenvalue weighted by Crippen LogP contribution is 2.38.